The number of fused-ring (bicyclic) bond motifs is 1. The number of phenolic OH excluding ortho intramolecular Hbond substituents is 1. The second kappa shape index (κ2) is 10.4. The summed E-state index contributed by atoms with van der Waals surface area (Å²) in [5.41, 5.74) is 0.888. The van der Waals surface area contributed by atoms with Crippen molar-refractivity contribution in [2.24, 2.45) is 0 Å². The van der Waals surface area contributed by atoms with Crippen LogP contribution < -0.4 is 9.47 Å². The first-order valence-electron chi connectivity index (χ1n) is 12.0. The third-order valence-corrected chi connectivity index (χ3v) is 7.68. The van der Waals surface area contributed by atoms with Gasteiger partial charge in [0.05, 0.1) is 22.4 Å². The Kier molecular flexibility index (Phi) is 7.20. The van der Waals surface area contributed by atoms with E-state index in [2.05, 4.69) is 0 Å². The molecule has 1 aromatic heterocycles. The molecule has 1 N–H and O–H groups in total. The average molecular weight is 529 g/mol. The number of aromatic hydroxyl groups is 1. The molecule has 4 aromatic rings. The standard InChI is InChI=1S/C28H23B2F2NO4S/c1-16-12-17(32)2-8-22(16)25(35)27-26(23-9-3-18(34)13-24(23)38-27)37-20-6-4-19(5-7-20)36-21-14-33(15-21)28(29,30)10-11-31/h2-9,12-13,21,34H,10-11,14-15H2,1H3. The maximum Gasteiger partial charge on any atom is 0.207 e. The fourth-order valence-corrected chi connectivity index (χ4v) is 5.49. The van der Waals surface area contributed by atoms with Crippen LogP contribution in [0, 0.1) is 12.7 Å². The van der Waals surface area contributed by atoms with Gasteiger partial charge in [-0.25, -0.2) is 4.39 Å². The van der Waals surface area contributed by atoms with Crippen molar-refractivity contribution in [1.82, 2.24) is 4.90 Å². The fraction of sp³-hybridized carbons (Fsp3) is 0.250. The Balaban J connectivity index is 1.35. The summed E-state index contributed by atoms with van der Waals surface area (Å²) in [5.74, 6) is 0.818. The van der Waals surface area contributed by atoms with Crippen LogP contribution in [0.2, 0.25) is 0 Å². The molecule has 1 aliphatic heterocycles. The topological polar surface area (TPSA) is 59.0 Å². The normalized spacial score (nSPS) is 14.4. The Morgan fingerprint density at radius 3 is 2.50 bits per heavy atom. The van der Waals surface area contributed by atoms with Crippen LogP contribution >= 0.6 is 11.3 Å². The minimum Gasteiger partial charge on any atom is -0.508 e. The number of thiophene rings is 1. The summed E-state index contributed by atoms with van der Waals surface area (Å²) in [6.45, 7) is 2.08. The molecule has 5 nitrogen and oxygen atoms in total. The summed E-state index contributed by atoms with van der Waals surface area (Å²) >= 11 is 1.20. The van der Waals surface area contributed by atoms with Crippen molar-refractivity contribution < 1.29 is 28.2 Å². The smallest absolute Gasteiger partial charge is 0.207 e. The first kappa shape index (κ1) is 26.3. The highest BCUT2D eigenvalue weighted by Gasteiger charge is 2.37. The largest absolute Gasteiger partial charge is 0.508 e. The number of rotatable bonds is 9. The number of likely N-dealkylation sites (tertiary alicyclic amines) is 1. The lowest BCUT2D eigenvalue weighted by atomic mass is 9.58. The maximum absolute atomic E-state index is 13.6. The van der Waals surface area contributed by atoms with E-state index in [1.54, 1.807) is 48.2 Å². The number of carbonyl (C=O) groups is 1. The zero-order valence-electron chi connectivity index (χ0n) is 20.6. The van der Waals surface area contributed by atoms with Crippen LogP contribution in [-0.4, -0.2) is 62.7 Å². The molecular weight excluding hydrogens is 506 g/mol. The number of halogens is 2. The molecule has 0 bridgehead atoms. The summed E-state index contributed by atoms with van der Waals surface area (Å²) < 4.78 is 39.1. The highest BCUT2D eigenvalue weighted by molar-refractivity contribution is 7.21. The van der Waals surface area contributed by atoms with Gasteiger partial charge in [0.2, 0.25) is 5.78 Å². The number of phenols is 1. The van der Waals surface area contributed by atoms with Crippen molar-refractivity contribution in [3.05, 3.63) is 82.5 Å². The van der Waals surface area contributed by atoms with Crippen LogP contribution in [0.3, 0.4) is 0 Å². The van der Waals surface area contributed by atoms with Gasteiger partial charge in [-0.1, -0.05) is 5.34 Å². The predicted molar refractivity (Wildman–Crippen MR) is 145 cm³/mol. The number of hydrogen-bond donors (Lipinski definition) is 1. The van der Waals surface area contributed by atoms with E-state index in [-0.39, 0.29) is 24.1 Å². The van der Waals surface area contributed by atoms with Gasteiger partial charge in [0, 0.05) is 28.7 Å². The van der Waals surface area contributed by atoms with E-state index in [1.807, 2.05) is 0 Å². The van der Waals surface area contributed by atoms with Crippen LogP contribution in [-0.2, 0) is 0 Å². The molecule has 4 radical (unpaired) electrons. The molecule has 1 fully saturated rings. The summed E-state index contributed by atoms with van der Waals surface area (Å²) in [5, 5.41) is 9.44. The third kappa shape index (κ3) is 5.28. The zero-order chi connectivity index (χ0) is 27.0. The van der Waals surface area contributed by atoms with E-state index in [1.165, 1.54) is 35.6 Å². The van der Waals surface area contributed by atoms with Crippen molar-refractivity contribution in [2.75, 3.05) is 19.8 Å². The summed E-state index contributed by atoms with van der Waals surface area (Å²) in [6.07, 6.45) is -0.0714. The number of ether oxygens (including phenoxy) is 2. The number of ketones is 1. The first-order valence-corrected chi connectivity index (χ1v) is 12.9. The van der Waals surface area contributed by atoms with Crippen molar-refractivity contribution >= 4 is 42.9 Å². The Bertz CT molecular complexity index is 1490. The molecule has 0 unspecified atom stereocenters. The van der Waals surface area contributed by atoms with Crippen LogP contribution in [0.1, 0.15) is 27.2 Å². The first-order chi connectivity index (χ1) is 18.1. The second-order valence-electron chi connectivity index (χ2n) is 9.38. The Hall–Kier alpha value is -3.36. The Labute approximate surface area is 225 Å². The van der Waals surface area contributed by atoms with Crippen molar-refractivity contribution in [2.45, 2.75) is 24.8 Å². The molecule has 0 amide bonds. The van der Waals surface area contributed by atoms with Gasteiger partial charge >= 0.3 is 0 Å². The molecule has 190 valence electrons. The number of carbonyl (C=O) groups excluding carboxylic acids is 1. The van der Waals surface area contributed by atoms with Gasteiger partial charge in [0.15, 0.2) is 5.75 Å². The molecule has 0 atom stereocenters. The van der Waals surface area contributed by atoms with Gasteiger partial charge in [-0.2, -0.15) is 0 Å². The van der Waals surface area contributed by atoms with Crippen LogP contribution in [0.5, 0.6) is 23.0 Å². The molecular formula is C28H23B2F2NO4S. The van der Waals surface area contributed by atoms with Crippen LogP contribution in [0.25, 0.3) is 10.1 Å². The molecule has 10 heteroatoms. The van der Waals surface area contributed by atoms with Gasteiger partial charge in [-0.3, -0.25) is 9.18 Å². The zero-order valence-corrected chi connectivity index (χ0v) is 21.4. The van der Waals surface area contributed by atoms with Crippen molar-refractivity contribution in [3.63, 3.8) is 0 Å². The number of alkyl halides is 1. The van der Waals surface area contributed by atoms with Crippen LogP contribution in [0.15, 0.2) is 60.7 Å². The van der Waals surface area contributed by atoms with E-state index in [0.29, 0.717) is 56.4 Å². The second-order valence-corrected chi connectivity index (χ2v) is 10.4. The molecule has 38 heavy (non-hydrogen) atoms. The lowest BCUT2D eigenvalue weighted by Gasteiger charge is -2.49. The minimum atomic E-state index is -1.19. The molecule has 2 heterocycles. The van der Waals surface area contributed by atoms with Gasteiger partial charge in [-0.15, -0.1) is 11.3 Å². The van der Waals surface area contributed by atoms with E-state index in [9.17, 15) is 18.7 Å². The maximum atomic E-state index is 13.6. The van der Waals surface area contributed by atoms with E-state index >= 15 is 0 Å². The SMILES string of the molecule is [B]C([B])(CCF)N1CC(Oc2ccc(Oc3c(C(=O)c4ccc(F)cc4C)sc4cc(O)ccc34)cc2)C1. The minimum absolute atomic E-state index is 0.0495. The highest BCUT2D eigenvalue weighted by Crippen LogP contribution is 2.43. The molecule has 0 aliphatic carbocycles. The lowest BCUT2D eigenvalue weighted by molar-refractivity contribution is -0.00398. The highest BCUT2D eigenvalue weighted by atomic mass is 32.1. The summed E-state index contributed by atoms with van der Waals surface area (Å²) in [7, 11) is 11.9. The van der Waals surface area contributed by atoms with Gasteiger partial charge < -0.3 is 19.5 Å². The fourth-order valence-electron chi connectivity index (χ4n) is 4.38. The molecule has 0 spiro atoms. The average Bonchev–Trinajstić information content (AvgIpc) is 3.18. The van der Waals surface area contributed by atoms with Crippen molar-refractivity contribution in [3.8, 4) is 23.0 Å². The van der Waals surface area contributed by atoms with E-state index in [0.717, 1.165) is 0 Å². The molecule has 5 rings (SSSR count). The number of benzene rings is 3. The van der Waals surface area contributed by atoms with E-state index in [4.69, 9.17) is 25.2 Å². The number of nitrogens with zero attached hydrogens (tertiary/aromatic N) is 1. The van der Waals surface area contributed by atoms with E-state index < -0.39 is 17.8 Å². The van der Waals surface area contributed by atoms with Gasteiger partial charge in [0.1, 0.15) is 34.0 Å². The quantitative estimate of drug-likeness (QED) is 0.230. The Morgan fingerprint density at radius 2 is 1.82 bits per heavy atom. The molecule has 3 aromatic carbocycles. The monoisotopic (exact) mass is 529 g/mol. The van der Waals surface area contributed by atoms with Gasteiger partial charge in [0.25, 0.3) is 0 Å². The number of aryl methyl sites for hydroxylation is 1. The predicted octanol–water partition coefficient (Wildman–Crippen LogP) is 5.49. The number of hydrogen-bond acceptors (Lipinski definition) is 6. The molecule has 1 aliphatic rings. The third-order valence-electron chi connectivity index (χ3n) is 6.55. The summed E-state index contributed by atoms with van der Waals surface area (Å²) in [4.78, 5) is 15.6. The molecule has 0 saturated carbocycles. The van der Waals surface area contributed by atoms with Crippen LogP contribution in [0.4, 0.5) is 8.78 Å². The Morgan fingerprint density at radius 1 is 1.11 bits per heavy atom. The lowest BCUT2D eigenvalue weighted by Crippen LogP contribution is -2.64. The molecule has 1 saturated heterocycles. The van der Waals surface area contributed by atoms with Gasteiger partial charge in [-0.05, 0) is 79.6 Å². The van der Waals surface area contributed by atoms with Crippen molar-refractivity contribution in [1.29, 1.82) is 0 Å². The summed E-state index contributed by atoms with van der Waals surface area (Å²) in [6, 6.07) is 15.8.